The Morgan fingerprint density at radius 2 is 2.05 bits per heavy atom. The van der Waals surface area contributed by atoms with E-state index >= 15 is 0 Å². The van der Waals surface area contributed by atoms with E-state index in [1.165, 1.54) is 0 Å². The van der Waals surface area contributed by atoms with Crippen molar-refractivity contribution < 1.29 is 14.3 Å². The summed E-state index contributed by atoms with van der Waals surface area (Å²) < 4.78 is 5.70. The van der Waals surface area contributed by atoms with Crippen LogP contribution in [0.4, 0.5) is 4.79 Å². The Kier molecular flexibility index (Phi) is 8.17. The fourth-order valence-corrected chi connectivity index (χ4v) is 2.14. The summed E-state index contributed by atoms with van der Waals surface area (Å²) in [6.07, 6.45) is 2.98. The summed E-state index contributed by atoms with van der Waals surface area (Å²) in [4.78, 5) is 24.9. The Bertz CT molecular complexity index is 304. The predicted molar refractivity (Wildman–Crippen MR) is 76.3 cm³/mol. The molecule has 7 heteroatoms. The van der Waals surface area contributed by atoms with Crippen LogP contribution in [0.2, 0.25) is 0 Å². The van der Waals surface area contributed by atoms with Gasteiger partial charge in [0.1, 0.15) is 0 Å². The van der Waals surface area contributed by atoms with Crippen LogP contribution in [0.1, 0.15) is 26.2 Å². The molecule has 1 aliphatic rings. The molecule has 0 bridgehead atoms. The molecule has 0 aliphatic carbocycles. The molecule has 1 rings (SSSR count). The van der Waals surface area contributed by atoms with E-state index < -0.39 is 6.03 Å². The van der Waals surface area contributed by atoms with Crippen molar-refractivity contribution in [2.75, 3.05) is 39.3 Å². The van der Waals surface area contributed by atoms with Gasteiger partial charge in [-0.1, -0.05) is 0 Å². The number of nitrogens with two attached hydrogens (primary N) is 1. The van der Waals surface area contributed by atoms with E-state index in [-0.39, 0.29) is 18.6 Å². The number of amides is 3. The highest BCUT2D eigenvalue weighted by atomic mass is 16.5. The minimum atomic E-state index is -0.433. The average Bonchev–Trinajstić information content (AvgIpc) is 2.41. The molecule has 0 spiro atoms. The Morgan fingerprint density at radius 3 is 2.65 bits per heavy atom. The lowest BCUT2D eigenvalue weighted by atomic mass is 10.1. The van der Waals surface area contributed by atoms with E-state index in [2.05, 4.69) is 10.6 Å². The SMILES string of the molecule is CCNC(=O)NC(=O)CN1CCC(OCCCN)CC1. The van der Waals surface area contributed by atoms with Crippen molar-refractivity contribution in [1.29, 1.82) is 0 Å². The van der Waals surface area contributed by atoms with Gasteiger partial charge in [-0.25, -0.2) is 4.79 Å². The van der Waals surface area contributed by atoms with Crippen LogP contribution in [0, 0.1) is 0 Å². The highest BCUT2D eigenvalue weighted by molar-refractivity contribution is 5.95. The van der Waals surface area contributed by atoms with Gasteiger partial charge < -0.3 is 15.8 Å². The minimum Gasteiger partial charge on any atom is -0.378 e. The first kappa shape index (κ1) is 16.9. The van der Waals surface area contributed by atoms with Crippen LogP contribution in [0.3, 0.4) is 0 Å². The zero-order chi connectivity index (χ0) is 14.8. The summed E-state index contributed by atoms with van der Waals surface area (Å²) in [6, 6.07) is -0.433. The third-order valence-electron chi connectivity index (χ3n) is 3.19. The molecule has 0 aromatic rings. The van der Waals surface area contributed by atoms with E-state index in [1.807, 2.05) is 4.90 Å². The molecule has 0 aromatic carbocycles. The summed E-state index contributed by atoms with van der Waals surface area (Å²) in [5.74, 6) is -0.265. The van der Waals surface area contributed by atoms with Crippen molar-refractivity contribution >= 4 is 11.9 Å². The monoisotopic (exact) mass is 286 g/mol. The fourth-order valence-electron chi connectivity index (χ4n) is 2.14. The number of nitrogens with zero attached hydrogens (tertiary/aromatic N) is 1. The van der Waals surface area contributed by atoms with Crippen LogP contribution in [0.5, 0.6) is 0 Å². The van der Waals surface area contributed by atoms with E-state index in [0.29, 0.717) is 19.7 Å². The van der Waals surface area contributed by atoms with Gasteiger partial charge in [-0.15, -0.1) is 0 Å². The van der Waals surface area contributed by atoms with Gasteiger partial charge >= 0.3 is 6.03 Å². The zero-order valence-corrected chi connectivity index (χ0v) is 12.2. The van der Waals surface area contributed by atoms with Crippen LogP contribution in [0.15, 0.2) is 0 Å². The smallest absolute Gasteiger partial charge is 0.321 e. The average molecular weight is 286 g/mol. The molecule has 0 saturated carbocycles. The number of carbonyl (C=O) groups is 2. The second-order valence-electron chi connectivity index (χ2n) is 4.90. The van der Waals surface area contributed by atoms with Crippen molar-refractivity contribution in [1.82, 2.24) is 15.5 Å². The van der Waals surface area contributed by atoms with E-state index in [0.717, 1.165) is 32.4 Å². The van der Waals surface area contributed by atoms with Crippen molar-refractivity contribution in [3.63, 3.8) is 0 Å². The highest BCUT2D eigenvalue weighted by Gasteiger charge is 2.21. The number of likely N-dealkylation sites (tertiary alicyclic amines) is 1. The second-order valence-corrected chi connectivity index (χ2v) is 4.90. The Morgan fingerprint density at radius 1 is 1.35 bits per heavy atom. The number of imide groups is 1. The lowest BCUT2D eigenvalue weighted by Crippen LogP contribution is -2.47. The molecule has 7 nitrogen and oxygen atoms in total. The molecule has 1 aliphatic heterocycles. The number of urea groups is 1. The number of nitrogens with one attached hydrogen (secondary N) is 2. The van der Waals surface area contributed by atoms with Gasteiger partial charge in [0.15, 0.2) is 0 Å². The minimum absolute atomic E-state index is 0.257. The molecule has 3 amide bonds. The maximum Gasteiger partial charge on any atom is 0.321 e. The third kappa shape index (κ3) is 6.83. The molecular formula is C13H26N4O3. The van der Waals surface area contributed by atoms with Gasteiger partial charge in [-0.2, -0.15) is 0 Å². The molecule has 0 unspecified atom stereocenters. The predicted octanol–water partition coefficient (Wildman–Crippen LogP) is -0.338. The summed E-state index contributed by atoms with van der Waals surface area (Å²) in [7, 11) is 0. The standard InChI is InChI=1S/C13H26N4O3/c1-2-15-13(19)16-12(18)10-17-7-4-11(5-8-17)20-9-3-6-14/h11H,2-10,14H2,1H3,(H2,15,16,18,19). The molecule has 0 radical (unpaired) electrons. The molecule has 1 fully saturated rings. The number of carbonyl (C=O) groups excluding carboxylic acids is 2. The molecule has 1 saturated heterocycles. The Hall–Kier alpha value is -1.18. The van der Waals surface area contributed by atoms with Crippen molar-refractivity contribution in [3.05, 3.63) is 0 Å². The Labute approximate surface area is 120 Å². The zero-order valence-electron chi connectivity index (χ0n) is 12.2. The number of rotatable bonds is 7. The third-order valence-corrected chi connectivity index (χ3v) is 3.19. The van der Waals surface area contributed by atoms with Crippen molar-refractivity contribution in [2.24, 2.45) is 5.73 Å². The number of hydrogen-bond donors (Lipinski definition) is 3. The normalized spacial score (nSPS) is 16.9. The van der Waals surface area contributed by atoms with Gasteiger partial charge in [-0.05, 0) is 32.7 Å². The summed E-state index contributed by atoms with van der Waals surface area (Å²) in [5.41, 5.74) is 5.42. The first-order valence-electron chi connectivity index (χ1n) is 7.27. The Balaban J connectivity index is 2.15. The number of hydrogen-bond acceptors (Lipinski definition) is 5. The van der Waals surface area contributed by atoms with Gasteiger partial charge in [0.25, 0.3) is 0 Å². The number of piperidine rings is 1. The maximum absolute atomic E-state index is 11.6. The summed E-state index contributed by atoms with van der Waals surface area (Å²) >= 11 is 0. The van der Waals surface area contributed by atoms with Gasteiger partial charge in [0.2, 0.25) is 5.91 Å². The summed E-state index contributed by atoms with van der Waals surface area (Å²) in [5, 5.41) is 4.84. The van der Waals surface area contributed by atoms with Gasteiger partial charge in [-0.3, -0.25) is 15.0 Å². The molecule has 1 heterocycles. The van der Waals surface area contributed by atoms with Crippen LogP contribution >= 0.6 is 0 Å². The topological polar surface area (TPSA) is 96.7 Å². The lowest BCUT2D eigenvalue weighted by Gasteiger charge is -2.31. The maximum atomic E-state index is 11.6. The molecule has 116 valence electrons. The highest BCUT2D eigenvalue weighted by Crippen LogP contribution is 2.13. The van der Waals surface area contributed by atoms with E-state index in [1.54, 1.807) is 6.92 Å². The largest absolute Gasteiger partial charge is 0.378 e. The first-order valence-corrected chi connectivity index (χ1v) is 7.27. The molecule has 0 aromatic heterocycles. The fraction of sp³-hybridized carbons (Fsp3) is 0.846. The summed E-state index contributed by atoms with van der Waals surface area (Å²) in [6.45, 7) is 5.56. The molecule has 20 heavy (non-hydrogen) atoms. The number of ether oxygens (including phenoxy) is 1. The van der Waals surface area contributed by atoms with Crippen LogP contribution in [-0.4, -0.2) is 62.3 Å². The van der Waals surface area contributed by atoms with Crippen molar-refractivity contribution in [3.8, 4) is 0 Å². The second kappa shape index (κ2) is 9.68. The van der Waals surface area contributed by atoms with E-state index in [4.69, 9.17) is 10.5 Å². The van der Waals surface area contributed by atoms with Crippen LogP contribution < -0.4 is 16.4 Å². The van der Waals surface area contributed by atoms with Gasteiger partial charge in [0.05, 0.1) is 12.6 Å². The molecule has 0 atom stereocenters. The lowest BCUT2D eigenvalue weighted by molar-refractivity contribution is -0.121. The first-order chi connectivity index (χ1) is 9.65. The molecular weight excluding hydrogens is 260 g/mol. The van der Waals surface area contributed by atoms with Gasteiger partial charge in [0, 0.05) is 26.2 Å². The van der Waals surface area contributed by atoms with Crippen LogP contribution in [-0.2, 0) is 9.53 Å². The van der Waals surface area contributed by atoms with E-state index in [9.17, 15) is 9.59 Å². The molecule has 4 N–H and O–H groups in total. The van der Waals surface area contributed by atoms with Crippen molar-refractivity contribution in [2.45, 2.75) is 32.3 Å². The van der Waals surface area contributed by atoms with Crippen LogP contribution in [0.25, 0.3) is 0 Å². The quantitative estimate of drug-likeness (QED) is 0.556.